The summed E-state index contributed by atoms with van der Waals surface area (Å²) >= 11 is 0. The summed E-state index contributed by atoms with van der Waals surface area (Å²) < 4.78 is 10.8. The maximum atomic E-state index is 13.2. The van der Waals surface area contributed by atoms with Crippen molar-refractivity contribution in [3.63, 3.8) is 0 Å². The molecule has 2 aromatic rings. The van der Waals surface area contributed by atoms with E-state index in [0.717, 1.165) is 6.08 Å². The molecule has 15 nitrogen and oxygen atoms in total. The lowest BCUT2D eigenvalue weighted by Gasteiger charge is -2.26. The molecule has 0 radical (unpaired) electrons. The lowest BCUT2D eigenvalue weighted by molar-refractivity contribution is -0.149. The number of aromatic hydroxyl groups is 2. The Hall–Kier alpha value is -5.60. The molecule has 50 heavy (non-hydrogen) atoms. The first kappa shape index (κ1) is 38.8. The van der Waals surface area contributed by atoms with E-state index >= 15 is 0 Å². The Morgan fingerprint density at radius 1 is 0.940 bits per heavy atom. The molecule has 2 aromatic carbocycles. The minimum atomic E-state index is -1.16. The maximum absolute atomic E-state index is 13.2. The van der Waals surface area contributed by atoms with Crippen LogP contribution < -0.4 is 26.6 Å². The number of cyclic esters (lactones) is 1. The molecule has 5 amide bonds. The van der Waals surface area contributed by atoms with Gasteiger partial charge in [-0.05, 0) is 62.1 Å². The fourth-order valence-electron chi connectivity index (χ4n) is 4.76. The Balaban J connectivity index is 1.72. The molecule has 0 saturated carbocycles. The van der Waals surface area contributed by atoms with Gasteiger partial charge in [0.05, 0.1) is 12.6 Å². The van der Waals surface area contributed by atoms with Crippen molar-refractivity contribution >= 4 is 35.7 Å². The average molecular weight is 696 g/mol. The Kier molecular flexibility index (Phi) is 13.7. The van der Waals surface area contributed by atoms with Gasteiger partial charge in [0.1, 0.15) is 41.8 Å². The lowest BCUT2D eigenvalue weighted by Crippen LogP contribution is -2.55. The fraction of sp³-hybridized carbons (Fsp3) is 0.429. The number of alkyl carbamates (subject to hydrolysis) is 1. The van der Waals surface area contributed by atoms with E-state index in [1.165, 1.54) is 30.3 Å². The minimum Gasteiger partial charge on any atom is -0.508 e. The lowest BCUT2D eigenvalue weighted by atomic mass is 10.0. The number of rotatable bonds is 10. The van der Waals surface area contributed by atoms with Gasteiger partial charge in [0.2, 0.25) is 23.6 Å². The Morgan fingerprint density at radius 2 is 1.54 bits per heavy atom. The molecule has 0 bridgehead atoms. The minimum absolute atomic E-state index is 0.0165. The normalized spacial score (nSPS) is 19.7. The zero-order valence-electron chi connectivity index (χ0n) is 28.6. The number of carbonyl (C=O) groups excluding carboxylic acids is 6. The van der Waals surface area contributed by atoms with Crippen molar-refractivity contribution in [2.24, 2.45) is 5.92 Å². The van der Waals surface area contributed by atoms with Gasteiger partial charge >= 0.3 is 12.1 Å². The number of hydrogen-bond acceptors (Lipinski definition) is 10. The molecule has 270 valence electrons. The number of benzene rings is 2. The molecular weight excluding hydrogens is 650 g/mol. The van der Waals surface area contributed by atoms with Gasteiger partial charge in [0.25, 0.3) is 0 Å². The number of amides is 5. The van der Waals surface area contributed by atoms with E-state index in [9.17, 15) is 39.0 Å². The zero-order valence-corrected chi connectivity index (χ0v) is 28.6. The van der Waals surface area contributed by atoms with Crippen LogP contribution in [-0.2, 0) is 46.3 Å². The molecule has 1 heterocycles. The highest BCUT2D eigenvalue weighted by atomic mass is 16.6. The van der Waals surface area contributed by atoms with E-state index in [0.29, 0.717) is 11.1 Å². The van der Waals surface area contributed by atoms with Crippen LogP contribution in [0.25, 0.3) is 0 Å². The standard InChI is InChI=1S/C35H45N5O10/c1-20(2)30-32(46)38-27(17-22-8-13-25(42)14-9-22)33(47)49-19-23(10-15-28(43)40-30)37-29(44)18-36-31(45)26(39-34(48)50-35(3,4)5)16-21-6-11-24(41)12-7-21/h6-15,20,23,26-27,30,41-42H,16-19H2,1-5H3,(H,36,45)(H,37,44)(H,38,46)(H,39,48)(H,40,43)/b15-10+/t23-,26+,27+,30+/m1/s1. The SMILES string of the molecule is CC(C)[C@@H]1NC(=O)/C=C/[C@@H](NC(=O)CNC(=O)[C@H](Cc2ccc(O)cc2)NC(=O)OC(C)(C)C)COC(=O)[C@H](Cc2ccc(O)cc2)NC1=O. The summed E-state index contributed by atoms with van der Waals surface area (Å²) in [5.74, 6) is -3.72. The highest BCUT2D eigenvalue weighted by Gasteiger charge is 2.31. The van der Waals surface area contributed by atoms with E-state index in [1.54, 1.807) is 58.9 Å². The predicted molar refractivity (Wildman–Crippen MR) is 181 cm³/mol. The molecule has 7 N–H and O–H groups in total. The summed E-state index contributed by atoms with van der Waals surface area (Å²) in [5, 5.41) is 32.1. The third-order valence-corrected chi connectivity index (χ3v) is 7.26. The Labute approximate surface area is 290 Å². The number of hydrogen-bond donors (Lipinski definition) is 7. The molecule has 4 atom stereocenters. The molecule has 3 rings (SSSR count). The molecule has 1 aliphatic heterocycles. The van der Waals surface area contributed by atoms with Crippen molar-refractivity contribution in [1.82, 2.24) is 26.6 Å². The molecule has 1 aliphatic rings. The van der Waals surface area contributed by atoms with Crippen LogP contribution in [0.1, 0.15) is 45.7 Å². The smallest absolute Gasteiger partial charge is 0.408 e. The summed E-state index contributed by atoms with van der Waals surface area (Å²) in [6.07, 6.45) is 1.59. The number of phenolic OH excluding ortho intramolecular Hbond substituents is 2. The predicted octanol–water partition coefficient (Wildman–Crippen LogP) is 1.12. The van der Waals surface area contributed by atoms with Crippen LogP contribution in [0.15, 0.2) is 60.7 Å². The third kappa shape index (κ3) is 13.1. The van der Waals surface area contributed by atoms with Crippen LogP contribution in [0.4, 0.5) is 4.79 Å². The number of ether oxygens (including phenoxy) is 2. The first-order valence-electron chi connectivity index (χ1n) is 16.1. The monoisotopic (exact) mass is 695 g/mol. The van der Waals surface area contributed by atoms with Crippen LogP contribution >= 0.6 is 0 Å². The van der Waals surface area contributed by atoms with Crippen LogP contribution in [0.3, 0.4) is 0 Å². The van der Waals surface area contributed by atoms with Gasteiger partial charge in [-0.3, -0.25) is 19.2 Å². The largest absolute Gasteiger partial charge is 0.508 e. The van der Waals surface area contributed by atoms with Crippen LogP contribution in [0, 0.1) is 5.92 Å². The Morgan fingerprint density at radius 3 is 2.12 bits per heavy atom. The van der Waals surface area contributed by atoms with Crippen molar-refractivity contribution in [1.29, 1.82) is 0 Å². The van der Waals surface area contributed by atoms with Gasteiger partial charge in [-0.25, -0.2) is 9.59 Å². The topological polar surface area (TPSA) is 221 Å². The second-order valence-corrected chi connectivity index (χ2v) is 13.1. The Bertz CT molecular complexity index is 1550. The first-order valence-corrected chi connectivity index (χ1v) is 16.1. The van der Waals surface area contributed by atoms with Gasteiger partial charge in [0.15, 0.2) is 0 Å². The highest BCUT2D eigenvalue weighted by Crippen LogP contribution is 2.14. The molecular formula is C35H45N5O10. The van der Waals surface area contributed by atoms with Crippen molar-refractivity contribution in [3.05, 3.63) is 71.8 Å². The van der Waals surface area contributed by atoms with E-state index in [-0.39, 0.29) is 30.3 Å². The van der Waals surface area contributed by atoms with E-state index in [4.69, 9.17) is 9.47 Å². The van der Waals surface area contributed by atoms with Gasteiger partial charge in [-0.1, -0.05) is 44.2 Å². The summed E-state index contributed by atoms with van der Waals surface area (Å²) in [4.78, 5) is 77.7. The van der Waals surface area contributed by atoms with Gasteiger partial charge in [-0.2, -0.15) is 0 Å². The van der Waals surface area contributed by atoms with Gasteiger partial charge in [0, 0.05) is 18.9 Å². The third-order valence-electron chi connectivity index (χ3n) is 7.26. The van der Waals surface area contributed by atoms with Crippen LogP contribution in [0.2, 0.25) is 0 Å². The first-order chi connectivity index (χ1) is 23.5. The van der Waals surface area contributed by atoms with Crippen molar-refractivity contribution < 1.29 is 48.5 Å². The number of carbonyl (C=O) groups is 6. The molecule has 0 aliphatic carbocycles. The summed E-state index contributed by atoms with van der Waals surface area (Å²) in [5.41, 5.74) is 0.395. The molecule has 0 unspecified atom stereocenters. The molecule has 0 saturated heterocycles. The molecule has 0 spiro atoms. The van der Waals surface area contributed by atoms with Gasteiger partial charge in [-0.15, -0.1) is 0 Å². The number of esters is 1. The maximum Gasteiger partial charge on any atom is 0.408 e. The van der Waals surface area contributed by atoms with Crippen molar-refractivity contribution in [2.45, 2.75) is 77.2 Å². The second kappa shape index (κ2) is 17.7. The fourth-order valence-corrected chi connectivity index (χ4v) is 4.76. The zero-order chi connectivity index (χ0) is 37.0. The second-order valence-electron chi connectivity index (χ2n) is 13.1. The summed E-state index contributed by atoms with van der Waals surface area (Å²) in [7, 11) is 0. The van der Waals surface area contributed by atoms with Crippen LogP contribution in [0.5, 0.6) is 11.5 Å². The van der Waals surface area contributed by atoms with E-state index in [1.807, 2.05) is 0 Å². The van der Waals surface area contributed by atoms with Crippen molar-refractivity contribution in [2.75, 3.05) is 13.2 Å². The average Bonchev–Trinajstić information content (AvgIpc) is 3.03. The molecule has 0 aromatic heterocycles. The van der Waals surface area contributed by atoms with E-state index < -0.39 is 78.6 Å². The summed E-state index contributed by atoms with van der Waals surface area (Å²) in [6.45, 7) is 7.49. The van der Waals surface area contributed by atoms with Crippen LogP contribution in [-0.4, -0.2) is 88.8 Å². The number of phenols is 2. The highest BCUT2D eigenvalue weighted by molar-refractivity contribution is 5.95. The molecule has 0 fully saturated rings. The summed E-state index contributed by atoms with van der Waals surface area (Å²) in [6, 6.07) is 7.76. The molecule has 15 heteroatoms. The van der Waals surface area contributed by atoms with E-state index in [2.05, 4.69) is 26.6 Å². The van der Waals surface area contributed by atoms with Crippen molar-refractivity contribution in [3.8, 4) is 11.5 Å². The quantitative estimate of drug-likeness (QED) is 0.176. The van der Waals surface area contributed by atoms with Gasteiger partial charge < -0.3 is 46.3 Å². The number of nitrogens with one attached hydrogen (secondary N) is 5.